The molecule has 1 aliphatic rings. The van der Waals surface area contributed by atoms with Crippen LogP contribution in [0.2, 0.25) is 0 Å². The molecule has 1 saturated heterocycles. The first-order valence-corrected chi connectivity index (χ1v) is 9.22. The molecule has 0 unspecified atom stereocenters. The molecule has 0 amide bonds. The Hall–Kier alpha value is -2.26. The number of nitrogens with one attached hydrogen (secondary N) is 2. The summed E-state index contributed by atoms with van der Waals surface area (Å²) >= 11 is 6.66. The minimum atomic E-state index is 0.462. The van der Waals surface area contributed by atoms with E-state index in [0.717, 1.165) is 23.9 Å². The predicted molar refractivity (Wildman–Crippen MR) is 104 cm³/mol. The topological polar surface area (TPSA) is 78.9 Å². The normalized spacial score (nSPS) is 13.5. The van der Waals surface area contributed by atoms with Gasteiger partial charge in [0.15, 0.2) is 10.3 Å². The Labute approximate surface area is 156 Å². The maximum atomic E-state index is 5.26. The highest BCUT2D eigenvalue weighted by atomic mass is 32.2. The average molecular weight is 374 g/mol. The van der Waals surface area contributed by atoms with Gasteiger partial charge in [-0.25, -0.2) is 15.0 Å². The smallest absolute Gasteiger partial charge is 0.232 e. The quantitative estimate of drug-likeness (QED) is 0.343. The molecule has 0 saturated carbocycles. The summed E-state index contributed by atoms with van der Waals surface area (Å²) in [6.45, 7) is 6.25. The van der Waals surface area contributed by atoms with Crippen molar-refractivity contribution in [2.75, 3.05) is 29.9 Å². The maximum absolute atomic E-state index is 5.26. The second kappa shape index (κ2) is 8.72. The van der Waals surface area contributed by atoms with Crippen LogP contribution in [0.5, 0.6) is 0 Å². The Bertz CT molecular complexity index is 733. The van der Waals surface area contributed by atoms with E-state index in [-0.39, 0.29) is 0 Å². The molecule has 25 heavy (non-hydrogen) atoms. The monoisotopic (exact) mass is 373 g/mol. The fourth-order valence-corrected chi connectivity index (χ4v) is 3.26. The van der Waals surface area contributed by atoms with Crippen molar-refractivity contribution in [2.24, 2.45) is 0 Å². The fourth-order valence-electron chi connectivity index (χ4n) is 2.37. The number of nitrogens with zero attached hydrogens (tertiary/aromatic N) is 5. The summed E-state index contributed by atoms with van der Waals surface area (Å²) in [6.07, 6.45) is 7.52. The number of hydrogen-bond acceptors (Lipinski definition) is 7. The second-order valence-electron chi connectivity index (χ2n) is 5.34. The van der Waals surface area contributed by atoms with E-state index in [0.29, 0.717) is 22.8 Å². The molecule has 0 bridgehead atoms. The molecule has 9 heteroatoms. The van der Waals surface area contributed by atoms with Crippen LogP contribution >= 0.6 is 24.0 Å². The number of aromatic nitrogens is 4. The van der Waals surface area contributed by atoms with Gasteiger partial charge >= 0.3 is 0 Å². The third kappa shape index (κ3) is 5.10. The summed E-state index contributed by atoms with van der Waals surface area (Å²) < 4.78 is 0. The summed E-state index contributed by atoms with van der Waals surface area (Å²) in [6, 6.07) is 3.76. The number of thiocarbonyl (C=S) groups is 1. The Balaban J connectivity index is 1.82. The van der Waals surface area contributed by atoms with Gasteiger partial charge in [-0.2, -0.15) is 4.98 Å². The molecule has 0 aliphatic carbocycles. The van der Waals surface area contributed by atoms with E-state index in [1.165, 1.54) is 24.6 Å². The van der Waals surface area contributed by atoms with Gasteiger partial charge in [0.2, 0.25) is 5.95 Å². The lowest BCUT2D eigenvalue weighted by Gasteiger charge is -2.18. The molecule has 0 atom stereocenters. The van der Waals surface area contributed by atoms with E-state index in [9.17, 15) is 0 Å². The predicted octanol–water partition coefficient (Wildman–Crippen LogP) is 2.49. The molecule has 3 rings (SSSR count). The summed E-state index contributed by atoms with van der Waals surface area (Å²) in [7, 11) is 0. The Morgan fingerprint density at radius 3 is 2.76 bits per heavy atom. The molecular formula is C16H19N7S2. The zero-order valence-corrected chi connectivity index (χ0v) is 15.3. The Morgan fingerprint density at radius 1 is 1.28 bits per heavy atom. The van der Waals surface area contributed by atoms with Gasteiger partial charge in [0.1, 0.15) is 10.8 Å². The van der Waals surface area contributed by atoms with Crippen LogP contribution in [0.25, 0.3) is 0 Å². The van der Waals surface area contributed by atoms with Gasteiger partial charge in [-0.15, -0.1) is 6.58 Å². The van der Waals surface area contributed by atoms with E-state index >= 15 is 0 Å². The van der Waals surface area contributed by atoms with Gasteiger partial charge in [0, 0.05) is 38.1 Å². The van der Waals surface area contributed by atoms with E-state index < -0.39 is 0 Å². The SMILES string of the molecule is C=CCNC(=S)Nc1nc(Sc2ncccn2)cc(N2CCCC2)n1. The Morgan fingerprint density at radius 2 is 2.04 bits per heavy atom. The summed E-state index contributed by atoms with van der Waals surface area (Å²) in [5.74, 6) is 1.35. The van der Waals surface area contributed by atoms with Crippen molar-refractivity contribution < 1.29 is 0 Å². The molecule has 2 N–H and O–H groups in total. The highest BCUT2D eigenvalue weighted by Crippen LogP contribution is 2.28. The molecule has 2 aromatic rings. The van der Waals surface area contributed by atoms with E-state index in [1.54, 1.807) is 24.5 Å². The maximum Gasteiger partial charge on any atom is 0.232 e. The standard InChI is InChI=1S/C16H19N7S2/c1-2-6-17-15(24)22-14-20-12(23-9-3-4-10-23)11-13(21-14)25-16-18-7-5-8-19-16/h2,5,7-8,11H,1,3-4,6,9-10H2,(H2,17,20,21,22,24). The third-order valence-electron chi connectivity index (χ3n) is 3.49. The zero-order chi connectivity index (χ0) is 17.5. The molecule has 0 spiro atoms. The van der Waals surface area contributed by atoms with Crippen LogP contribution in [0, 0.1) is 0 Å². The molecular weight excluding hydrogens is 354 g/mol. The first-order chi connectivity index (χ1) is 12.2. The highest BCUT2D eigenvalue weighted by molar-refractivity contribution is 7.99. The van der Waals surface area contributed by atoms with Gasteiger partial charge in [-0.3, -0.25) is 0 Å². The molecule has 3 heterocycles. The Kier molecular flexibility index (Phi) is 6.13. The van der Waals surface area contributed by atoms with Crippen LogP contribution in [0.1, 0.15) is 12.8 Å². The molecule has 1 aliphatic heterocycles. The largest absolute Gasteiger partial charge is 0.359 e. The lowest BCUT2D eigenvalue weighted by Crippen LogP contribution is -2.29. The number of hydrogen-bond donors (Lipinski definition) is 2. The van der Waals surface area contributed by atoms with Gasteiger partial charge in [-0.05, 0) is 42.9 Å². The minimum Gasteiger partial charge on any atom is -0.359 e. The van der Waals surface area contributed by atoms with E-state index in [4.69, 9.17) is 12.2 Å². The second-order valence-corrected chi connectivity index (χ2v) is 6.74. The van der Waals surface area contributed by atoms with Crippen LogP contribution in [0.4, 0.5) is 11.8 Å². The van der Waals surface area contributed by atoms with Gasteiger partial charge < -0.3 is 15.5 Å². The first-order valence-electron chi connectivity index (χ1n) is 7.99. The van der Waals surface area contributed by atoms with Crippen molar-refractivity contribution in [3.05, 3.63) is 37.2 Å². The highest BCUT2D eigenvalue weighted by Gasteiger charge is 2.17. The average Bonchev–Trinajstić information content (AvgIpc) is 3.15. The summed E-state index contributed by atoms with van der Waals surface area (Å²) in [5, 5.41) is 7.94. The fraction of sp³-hybridized carbons (Fsp3) is 0.312. The zero-order valence-electron chi connectivity index (χ0n) is 13.7. The van der Waals surface area contributed by atoms with Crippen molar-refractivity contribution >= 4 is 40.9 Å². The van der Waals surface area contributed by atoms with E-state index in [1.807, 2.05) is 6.07 Å². The molecule has 7 nitrogen and oxygen atoms in total. The van der Waals surface area contributed by atoms with Crippen LogP contribution < -0.4 is 15.5 Å². The van der Waals surface area contributed by atoms with E-state index in [2.05, 4.69) is 42.0 Å². The molecule has 1 fully saturated rings. The lowest BCUT2D eigenvalue weighted by atomic mass is 10.4. The van der Waals surface area contributed by atoms with Crippen LogP contribution in [-0.2, 0) is 0 Å². The number of anilines is 2. The van der Waals surface area contributed by atoms with Gasteiger partial charge in [0.25, 0.3) is 0 Å². The molecule has 130 valence electrons. The molecule has 0 radical (unpaired) electrons. The first kappa shape index (κ1) is 17.6. The summed E-state index contributed by atoms with van der Waals surface area (Å²) in [4.78, 5) is 19.9. The van der Waals surface area contributed by atoms with Crippen LogP contribution in [0.3, 0.4) is 0 Å². The van der Waals surface area contributed by atoms with Crippen LogP contribution in [0.15, 0.2) is 47.4 Å². The van der Waals surface area contributed by atoms with Crippen molar-refractivity contribution in [1.82, 2.24) is 25.3 Å². The lowest BCUT2D eigenvalue weighted by molar-refractivity contribution is 0.907. The third-order valence-corrected chi connectivity index (χ3v) is 4.55. The number of rotatable bonds is 6. The van der Waals surface area contributed by atoms with Gasteiger partial charge in [0.05, 0.1) is 0 Å². The molecule has 2 aromatic heterocycles. The van der Waals surface area contributed by atoms with Crippen molar-refractivity contribution in [1.29, 1.82) is 0 Å². The van der Waals surface area contributed by atoms with Crippen molar-refractivity contribution in [3.63, 3.8) is 0 Å². The van der Waals surface area contributed by atoms with Gasteiger partial charge in [-0.1, -0.05) is 6.08 Å². The van der Waals surface area contributed by atoms with Crippen LogP contribution in [-0.4, -0.2) is 44.7 Å². The van der Waals surface area contributed by atoms with Crippen molar-refractivity contribution in [2.45, 2.75) is 23.0 Å². The summed E-state index contributed by atoms with van der Waals surface area (Å²) in [5.41, 5.74) is 0. The minimum absolute atomic E-state index is 0.462. The van der Waals surface area contributed by atoms with Crippen molar-refractivity contribution in [3.8, 4) is 0 Å². The molecule has 0 aromatic carbocycles.